The lowest BCUT2D eigenvalue weighted by Gasteiger charge is -2.33. The van der Waals surface area contributed by atoms with Crippen LogP contribution in [0.15, 0.2) is 59.8 Å². The van der Waals surface area contributed by atoms with Crippen molar-refractivity contribution in [2.45, 2.75) is 19.6 Å². The smallest absolute Gasteiger partial charge is 0.338 e. The van der Waals surface area contributed by atoms with Crippen LogP contribution < -0.4 is 5.32 Å². The highest BCUT2D eigenvalue weighted by atomic mass is 19.2. The quantitative estimate of drug-likeness (QED) is 0.833. The van der Waals surface area contributed by atoms with Crippen molar-refractivity contribution in [3.63, 3.8) is 0 Å². The molecule has 1 unspecified atom stereocenters. The van der Waals surface area contributed by atoms with E-state index in [-0.39, 0.29) is 17.7 Å². The molecule has 27 heavy (non-hydrogen) atoms. The van der Waals surface area contributed by atoms with Gasteiger partial charge in [0.15, 0.2) is 11.6 Å². The van der Waals surface area contributed by atoms with Crippen LogP contribution in [0, 0.1) is 11.6 Å². The molecule has 140 valence electrons. The predicted octanol–water partition coefficient (Wildman–Crippen LogP) is 3.68. The minimum atomic E-state index is -1.06. The average molecular weight is 372 g/mol. The largest absolute Gasteiger partial charge is 0.457 e. The fourth-order valence-electron chi connectivity index (χ4n) is 2.84. The molecule has 0 saturated carbocycles. The first kappa shape index (κ1) is 18.6. The Bertz CT molecular complexity index is 913. The molecule has 0 radical (unpaired) electrons. The van der Waals surface area contributed by atoms with E-state index in [0.717, 1.165) is 17.7 Å². The van der Waals surface area contributed by atoms with Crippen LogP contribution in [0.4, 0.5) is 13.6 Å². The molecule has 3 rings (SSSR count). The molecule has 7 heteroatoms. The van der Waals surface area contributed by atoms with Crippen molar-refractivity contribution in [1.29, 1.82) is 0 Å². The third-order valence-corrected chi connectivity index (χ3v) is 4.46. The SMILES string of the molecule is CC1=C(C(=O)OCc2ccccc2)C(c2ccc(F)c(F)c2)NC(=O)N1C. The predicted molar refractivity (Wildman–Crippen MR) is 94.3 cm³/mol. The van der Waals surface area contributed by atoms with Gasteiger partial charge in [0, 0.05) is 12.7 Å². The third-order valence-electron chi connectivity index (χ3n) is 4.46. The monoisotopic (exact) mass is 372 g/mol. The van der Waals surface area contributed by atoms with Crippen LogP contribution >= 0.6 is 0 Å². The Balaban J connectivity index is 1.92. The number of carbonyl (C=O) groups excluding carboxylic acids is 2. The molecule has 1 N–H and O–H groups in total. The van der Waals surface area contributed by atoms with Crippen molar-refractivity contribution >= 4 is 12.0 Å². The number of urea groups is 1. The summed E-state index contributed by atoms with van der Waals surface area (Å²) in [5, 5.41) is 2.63. The Morgan fingerprint density at radius 1 is 1.15 bits per heavy atom. The fraction of sp³-hybridized carbons (Fsp3) is 0.200. The number of benzene rings is 2. The van der Waals surface area contributed by atoms with E-state index in [1.165, 1.54) is 18.0 Å². The molecule has 1 atom stereocenters. The molecule has 5 nitrogen and oxygen atoms in total. The Labute approximate surface area is 155 Å². The number of ether oxygens (including phenoxy) is 1. The van der Waals surface area contributed by atoms with E-state index in [0.29, 0.717) is 5.70 Å². The van der Waals surface area contributed by atoms with E-state index in [1.54, 1.807) is 6.92 Å². The summed E-state index contributed by atoms with van der Waals surface area (Å²) < 4.78 is 32.3. The number of allylic oxidation sites excluding steroid dienone is 1. The standard InChI is InChI=1S/C20H18F2N2O3/c1-12-17(19(25)27-11-13-6-4-3-5-7-13)18(23-20(26)24(12)2)14-8-9-15(21)16(22)10-14/h3-10,18H,11H2,1-2H3,(H,23,26). The van der Waals surface area contributed by atoms with Gasteiger partial charge in [-0.1, -0.05) is 36.4 Å². The first-order valence-corrected chi connectivity index (χ1v) is 8.29. The van der Waals surface area contributed by atoms with Gasteiger partial charge in [-0.25, -0.2) is 18.4 Å². The minimum absolute atomic E-state index is 0.0542. The molecular weight excluding hydrogens is 354 g/mol. The van der Waals surface area contributed by atoms with Gasteiger partial charge < -0.3 is 15.0 Å². The molecule has 1 heterocycles. The van der Waals surface area contributed by atoms with Crippen LogP contribution in [0.5, 0.6) is 0 Å². The van der Waals surface area contributed by atoms with Crippen LogP contribution in [0.25, 0.3) is 0 Å². The number of hydrogen-bond donors (Lipinski definition) is 1. The highest BCUT2D eigenvalue weighted by Gasteiger charge is 2.35. The van der Waals surface area contributed by atoms with Crippen molar-refractivity contribution in [3.05, 3.63) is 82.6 Å². The topological polar surface area (TPSA) is 58.6 Å². The number of nitrogens with one attached hydrogen (secondary N) is 1. The highest BCUT2D eigenvalue weighted by molar-refractivity contribution is 5.95. The molecule has 0 fully saturated rings. The number of hydrogen-bond acceptors (Lipinski definition) is 3. The summed E-state index contributed by atoms with van der Waals surface area (Å²) >= 11 is 0. The molecule has 1 aliphatic rings. The maximum Gasteiger partial charge on any atom is 0.338 e. The fourth-order valence-corrected chi connectivity index (χ4v) is 2.84. The zero-order valence-electron chi connectivity index (χ0n) is 14.8. The van der Waals surface area contributed by atoms with Gasteiger partial charge in [0.05, 0.1) is 11.6 Å². The highest BCUT2D eigenvalue weighted by Crippen LogP contribution is 2.31. The lowest BCUT2D eigenvalue weighted by atomic mass is 9.95. The van der Waals surface area contributed by atoms with Crippen LogP contribution in [-0.2, 0) is 16.1 Å². The number of esters is 1. The van der Waals surface area contributed by atoms with Crippen molar-refractivity contribution in [1.82, 2.24) is 10.2 Å². The molecule has 2 amide bonds. The molecule has 1 aliphatic heterocycles. The van der Waals surface area contributed by atoms with Gasteiger partial charge in [-0.3, -0.25) is 0 Å². The van der Waals surface area contributed by atoms with Gasteiger partial charge in [0.25, 0.3) is 0 Å². The lowest BCUT2D eigenvalue weighted by molar-refractivity contribution is -0.141. The zero-order valence-corrected chi connectivity index (χ0v) is 14.8. The second-order valence-electron chi connectivity index (χ2n) is 6.18. The van der Waals surface area contributed by atoms with Crippen LogP contribution in [0.1, 0.15) is 24.1 Å². The summed E-state index contributed by atoms with van der Waals surface area (Å²) in [4.78, 5) is 26.2. The average Bonchev–Trinajstić information content (AvgIpc) is 2.67. The van der Waals surface area contributed by atoms with Crippen molar-refractivity contribution < 1.29 is 23.1 Å². The number of amides is 2. The lowest BCUT2D eigenvalue weighted by Crippen LogP contribution is -2.46. The summed E-state index contributed by atoms with van der Waals surface area (Å²) in [6, 6.07) is 11.0. The summed E-state index contributed by atoms with van der Waals surface area (Å²) in [7, 11) is 1.51. The molecule has 0 aromatic heterocycles. The van der Waals surface area contributed by atoms with E-state index < -0.39 is 29.7 Å². The van der Waals surface area contributed by atoms with Gasteiger partial charge in [-0.05, 0) is 30.2 Å². The van der Waals surface area contributed by atoms with Crippen LogP contribution in [0.3, 0.4) is 0 Å². The first-order chi connectivity index (χ1) is 12.9. The van der Waals surface area contributed by atoms with Crippen molar-refractivity contribution in [3.8, 4) is 0 Å². The number of carbonyl (C=O) groups is 2. The van der Waals surface area contributed by atoms with Gasteiger partial charge in [0.2, 0.25) is 0 Å². The normalized spacial score (nSPS) is 17.0. The minimum Gasteiger partial charge on any atom is -0.457 e. The molecule has 0 aliphatic carbocycles. The Kier molecular flexibility index (Phi) is 5.21. The molecule has 2 aromatic rings. The van der Waals surface area contributed by atoms with Gasteiger partial charge >= 0.3 is 12.0 Å². The number of rotatable bonds is 4. The van der Waals surface area contributed by atoms with E-state index in [9.17, 15) is 18.4 Å². The van der Waals surface area contributed by atoms with E-state index in [4.69, 9.17) is 4.74 Å². The Hall–Kier alpha value is -3.22. The second kappa shape index (κ2) is 7.57. The van der Waals surface area contributed by atoms with Crippen LogP contribution in [-0.4, -0.2) is 23.9 Å². The first-order valence-electron chi connectivity index (χ1n) is 8.29. The van der Waals surface area contributed by atoms with E-state index >= 15 is 0 Å². The van der Waals surface area contributed by atoms with Gasteiger partial charge in [-0.2, -0.15) is 0 Å². The molecular formula is C20H18F2N2O3. The van der Waals surface area contributed by atoms with E-state index in [1.807, 2.05) is 30.3 Å². The molecule has 0 saturated heterocycles. The van der Waals surface area contributed by atoms with Gasteiger partial charge in [-0.15, -0.1) is 0 Å². The number of nitrogens with zero attached hydrogens (tertiary/aromatic N) is 1. The molecule has 0 bridgehead atoms. The Morgan fingerprint density at radius 2 is 1.85 bits per heavy atom. The second-order valence-corrected chi connectivity index (χ2v) is 6.18. The van der Waals surface area contributed by atoms with E-state index in [2.05, 4.69) is 5.32 Å². The summed E-state index contributed by atoms with van der Waals surface area (Å²) in [6.45, 7) is 1.66. The molecule has 2 aromatic carbocycles. The summed E-state index contributed by atoms with van der Waals surface area (Å²) in [5.74, 6) is -2.71. The van der Waals surface area contributed by atoms with Crippen molar-refractivity contribution in [2.24, 2.45) is 0 Å². The maximum atomic E-state index is 13.7. The third kappa shape index (κ3) is 3.81. The van der Waals surface area contributed by atoms with Gasteiger partial charge in [0.1, 0.15) is 6.61 Å². The summed E-state index contributed by atoms with van der Waals surface area (Å²) in [6.07, 6.45) is 0. The van der Waals surface area contributed by atoms with Crippen molar-refractivity contribution in [2.75, 3.05) is 7.05 Å². The Morgan fingerprint density at radius 3 is 2.52 bits per heavy atom. The van der Waals surface area contributed by atoms with Crippen LogP contribution in [0.2, 0.25) is 0 Å². The number of halogens is 2. The zero-order chi connectivity index (χ0) is 19.6. The maximum absolute atomic E-state index is 13.7. The molecule has 0 spiro atoms. The summed E-state index contributed by atoms with van der Waals surface area (Å²) in [5.41, 5.74) is 1.61.